The Hall–Kier alpha value is -2.29. The number of unbranched alkanes of at least 4 members (excludes halogenated alkanes) is 8. The fourth-order valence-corrected chi connectivity index (χ4v) is 9.13. The molecule has 3 N–H and O–H groups in total. The van der Waals surface area contributed by atoms with Gasteiger partial charge in [-0.05, 0) is 57.6 Å². The van der Waals surface area contributed by atoms with Crippen molar-refractivity contribution in [2.45, 2.75) is 149 Å². The van der Waals surface area contributed by atoms with Crippen LogP contribution in [0.25, 0.3) is 0 Å². The van der Waals surface area contributed by atoms with Crippen molar-refractivity contribution in [3.05, 3.63) is 34.4 Å². The summed E-state index contributed by atoms with van der Waals surface area (Å²) in [5, 5.41) is 34.9. The zero-order chi connectivity index (χ0) is 34.2. The summed E-state index contributed by atoms with van der Waals surface area (Å²) in [6, 6.07) is 0. The fourth-order valence-electron chi connectivity index (χ4n) is 9.13. The van der Waals surface area contributed by atoms with Gasteiger partial charge in [-0.1, -0.05) is 96.8 Å². The first-order valence-electron chi connectivity index (χ1n) is 17.6. The summed E-state index contributed by atoms with van der Waals surface area (Å²) in [7, 11) is 0. The van der Waals surface area contributed by atoms with Crippen LogP contribution in [0.4, 0.5) is 0 Å². The summed E-state index contributed by atoms with van der Waals surface area (Å²) in [5.74, 6) is -3.07. The number of ether oxygens (including phenoxy) is 2. The second kappa shape index (κ2) is 13.7. The maximum Gasteiger partial charge on any atom is 0.334 e. The van der Waals surface area contributed by atoms with E-state index in [9.17, 15) is 29.7 Å². The number of allylic oxidation sites excluding steroid dienone is 2. The van der Waals surface area contributed by atoms with Gasteiger partial charge >= 0.3 is 11.9 Å². The lowest BCUT2D eigenvalue weighted by Gasteiger charge is -2.49. The Morgan fingerprint density at radius 3 is 2.15 bits per heavy atom. The molecule has 0 unspecified atom stereocenters. The summed E-state index contributed by atoms with van der Waals surface area (Å²) >= 11 is 0. The second-order valence-electron chi connectivity index (χ2n) is 15.4. The molecule has 1 spiro atoms. The van der Waals surface area contributed by atoms with E-state index >= 15 is 0 Å². The van der Waals surface area contributed by atoms with Gasteiger partial charge in [0.25, 0.3) is 0 Å². The number of Topliss-reactive ketones (excluding diaryl/α,β-unsaturated/α-hetero) is 1. The highest BCUT2D eigenvalue weighted by Gasteiger charge is 2.83. The van der Waals surface area contributed by atoms with Crippen molar-refractivity contribution >= 4 is 17.7 Å². The van der Waals surface area contributed by atoms with Gasteiger partial charge in [0.1, 0.15) is 11.7 Å². The van der Waals surface area contributed by atoms with E-state index in [2.05, 4.69) is 6.92 Å². The van der Waals surface area contributed by atoms with Crippen molar-refractivity contribution in [2.75, 3.05) is 6.61 Å². The molecule has 0 radical (unpaired) electrons. The molecule has 0 aromatic carbocycles. The Morgan fingerprint density at radius 2 is 1.59 bits per heavy atom. The highest BCUT2D eigenvalue weighted by atomic mass is 16.6. The molecule has 4 rings (SSSR count). The highest BCUT2D eigenvalue weighted by molar-refractivity contribution is 5.96. The maximum atomic E-state index is 14.9. The Kier molecular flexibility index (Phi) is 10.9. The molecule has 2 saturated carbocycles. The number of hydrogen-bond acceptors (Lipinski definition) is 8. The quantitative estimate of drug-likeness (QED) is 0.0870. The molecule has 0 aromatic rings. The van der Waals surface area contributed by atoms with E-state index in [0.717, 1.165) is 24.8 Å². The zero-order valence-corrected chi connectivity index (χ0v) is 29.4. The number of aliphatic hydroxyl groups is 3. The summed E-state index contributed by atoms with van der Waals surface area (Å²) in [4.78, 5) is 41.4. The number of carbonyl (C=O) groups is 3. The SMILES string of the molecule is CCCCCCCCCCCC(=O)O[C@@]12C[C@@H](C)[C@]34C=C(C)[C@H](OC(=O)C(C)=C(C)C)[C@@]3(O)[C@H](O)C(CO)=C[C@H](C4=O)[C@@H]1C2(C)C. The number of rotatable bonds is 14. The molecule has 4 aliphatic carbocycles. The van der Waals surface area contributed by atoms with E-state index in [1.165, 1.54) is 38.5 Å². The predicted molar refractivity (Wildman–Crippen MR) is 176 cm³/mol. The number of aliphatic hydroxyl groups excluding tert-OH is 2. The summed E-state index contributed by atoms with van der Waals surface area (Å²) in [6.07, 6.45) is 11.1. The number of fused-ring (bicyclic) bond motifs is 3. The number of ketones is 1. The molecule has 258 valence electrons. The normalized spacial score (nSPS) is 35.5. The smallest absolute Gasteiger partial charge is 0.334 e. The van der Waals surface area contributed by atoms with Crippen molar-refractivity contribution in [2.24, 2.45) is 28.6 Å². The Bertz CT molecular complexity index is 1290. The van der Waals surface area contributed by atoms with Crippen LogP contribution in [0.2, 0.25) is 0 Å². The average Bonchev–Trinajstić information content (AvgIpc) is 3.40. The first kappa shape index (κ1) is 36.5. The minimum atomic E-state index is -2.27. The van der Waals surface area contributed by atoms with Crippen LogP contribution in [0.5, 0.6) is 0 Å². The summed E-state index contributed by atoms with van der Waals surface area (Å²) in [5.41, 5.74) is -3.74. The average molecular weight is 643 g/mol. The Labute approximate surface area is 275 Å². The standard InChI is InChI=1S/C38H58O8/c1-9-10-11-12-13-14-15-16-17-18-29(40)46-37-21-25(5)36-20-24(4)33(45-34(43)26(6)23(2)3)38(36,44)31(41)27(22-39)19-28(32(36)42)30(37)35(37,7)8/h19-20,25,28,30-31,33,39,41,44H,9-18,21-22H2,1-8H3/t25-,28+,30-,31-,33+,36+,37+,38+/m1/s1. The summed E-state index contributed by atoms with van der Waals surface area (Å²) < 4.78 is 12.3. The molecule has 0 saturated heterocycles. The molecule has 0 amide bonds. The molecule has 2 bridgehead atoms. The third-order valence-electron chi connectivity index (χ3n) is 12.1. The molecular weight excluding hydrogens is 584 g/mol. The van der Waals surface area contributed by atoms with Crippen molar-refractivity contribution in [1.29, 1.82) is 0 Å². The van der Waals surface area contributed by atoms with Crippen molar-refractivity contribution in [3.63, 3.8) is 0 Å². The van der Waals surface area contributed by atoms with Gasteiger partial charge in [-0.2, -0.15) is 0 Å². The van der Waals surface area contributed by atoms with E-state index in [1.807, 2.05) is 20.8 Å². The van der Waals surface area contributed by atoms with Crippen LogP contribution in [0.15, 0.2) is 34.4 Å². The maximum absolute atomic E-state index is 14.9. The highest BCUT2D eigenvalue weighted by Crippen LogP contribution is 2.75. The molecule has 46 heavy (non-hydrogen) atoms. The van der Waals surface area contributed by atoms with E-state index in [-0.39, 0.29) is 17.3 Å². The van der Waals surface area contributed by atoms with Crippen LogP contribution < -0.4 is 0 Å². The third kappa shape index (κ3) is 5.74. The number of hydrogen-bond donors (Lipinski definition) is 3. The molecule has 4 aliphatic rings. The fraction of sp³-hybridized carbons (Fsp3) is 0.763. The molecular formula is C38H58O8. The molecule has 8 heteroatoms. The third-order valence-corrected chi connectivity index (χ3v) is 12.1. The summed E-state index contributed by atoms with van der Waals surface area (Å²) in [6.45, 7) is 14.4. The van der Waals surface area contributed by atoms with Gasteiger partial charge in [-0.15, -0.1) is 0 Å². The van der Waals surface area contributed by atoms with Gasteiger partial charge in [0.2, 0.25) is 0 Å². The first-order chi connectivity index (χ1) is 21.6. The molecule has 0 heterocycles. The van der Waals surface area contributed by atoms with Gasteiger partial charge in [0, 0.05) is 29.2 Å². The van der Waals surface area contributed by atoms with Gasteiger partial charge in [0.05, 0.1) is 12.0 Å². The topological polar surface area (TPSA) is 130 Å². The van der Waals surface area contributed by atoms with Crippen LogP contribution in [-0.4, -0.2) is 63.1 Å². The first-order valence-corrected chi connectivity index (χ1v) is 17.6. The lowest BCUT2D eigenvalue weighted by Crippen LogP contribution is -2.66. The van der Waals surface area contributed by atoms with Gasteiger partial charge in [-0.25, -0.2) is 4.79 Å². The largest absolute Gasteiger partial charge is 0.458 e. The minimum absolute atomic E-state index is 0.0949. The van der Waals surface area contributed by atoms with Crippen LogP contribution in [0, 0.1) is 28.6 Å². The van der Waals surface area contributed by atoms with Gasteiger partial charge < -0.3 is 24.8 Å². The van der Waals surface area contributed by atoms with Gasteiger partial charge in [-0.3, -0.25) is 9.59 Å². The monoisotopic (exact) mass is 642 g/mol. The van der Waals surface area contributed by atoms with E-state index in [1.54, 1.807) is 39.8 Å². The Morgan fingerprint density at radius 1 is 1.00 bits per heavy atom. The van der Waals surface area contributed by atoms with Crippen LogP contribution in [0.3, 0.4) is 0 Å². The van der Waals surface area contributed by atoms with E-state index in [0.29, 0.717) is 24.0 Å². The predicted octanol–water partition coefficient (Wildman–Crippen LogP) is 6.31. The second-order valence-corrected chi connectivity index (χ2v) is 15.4. The van der Waals surface area contributed by atoms with Crippen LogP contribution >= 0.6 is 0 Å². The van der Waals surface area contributed by atoms with Crippen molar-refractivity contribution in [3.8, 4) is 0 Å². The van der Waals surface area contributed by atoms with Crippen molar-refractivity contribution < 1.29 is 39.2 Å². The molecule has 0 aromatic heterocycles. The molecule has 2 fully saturated rings. The Balaban J connectivity index is 1.61. The van der Waals surface area contributed by atoms with E-state index < -0.39 is 64.6 Å². The zero-order valence-electron chi connectivity index (χ0n) is 29.4. The lowest BCUT2D eigenvalue weighted by molar-refractivity contribution is -0.203. The molecule has 0 aliphatic heterocycles. The van der Waals surface area contributed by atoms with Gasteiger partial charge in [0.15, 0.2) is 17.5 Å². The lowest BCUT2D eigenvalue weighted by atomic mass is 9.59. The number of carbonyl (C=O) groups excluding carboxylic acids is 3. The van der Waals surface area contributed by atoms with Crippen molar-refractivity contribution in [1.82, 2.24) is 0 Å². The minimum Gasteiger partial charge on any atom is -0.458 e. The van der Waals surface area contributed by atoms with Crippen LogP contribution in [0.1, 0.15) is 126 Å². The van der Waals surface area contributed by atoms with Crippen LogP contribution in [-0.2, 0) is 23.9 Å². The molecule has 8 nitrogen and oxygen atoms in total. The number of esters is 2. The molecule has 8 atom stereocenters. The van der Waals surface area contributed by atoms with E-state index in [4.69, 9.17) is 9.47 Å².